The lowest BCUT2D eigenvalue weighted by Gasteiger charge is -2.18. The van der Waals surface area contributed by atoms with Gasteiger partial charge in [-0.25, -0.2) is 0 Å². The third-order valence-electron chi connectivity index (χ3n) is 14.0. The third-order valence-corrected chi connectivity index (χ3v) is 14.0. The summed E-state index contributed by atoms with van der Waals surface area (Å²) >= 11 is 0. The van der Waals surface area contributed by atoms with Crippen molar-refractivity contribution in [1.82, 2.24) is 0 Å². The Morgan fingerprint density at radius 2 is 0.434 bits per heavy atom. The van der Waals surface area contributed by atoms with Crippen LogP contribution in [0.4, 0.5) is 0 Å². The molecular weight excluding hydrogens is 1020 g/mol. The molecule has 0 spiro atoms. The van der Waals surface area contributed by atoms with Gasteiger partial charge in [0.1, 0.15) is 13.2 Å². The molecule has 0 rings (SSSR count). The van der Waals surface area contributed by atoms with Crippen molar-refractivity contribution >= 4 is 17.9 Å². The van der Waals surface area contributed by atoms with Crippen LogP contribution in [0.1, 0.15) is 290 Å². The van der Waals surface area contributed by atoms with Crippen LogP contribution in [0.2, 0.25) is 0 Å². The first-order valence-corrected chi connectivity index (χ1v) is 34.0. The largest absolute Gasteiger partial charge is 0.462 e. The second kappa shape index (κ2) is 69.5. The van der Waals surface area contributed by atoms with Gasteiger partial charge in [-0.3, -0.25) is 14.4 Å². The first-order chi connectivity index (χ1) is 41.0. The van der Waals surface area contributed by atoms with E-state index in [0.29, 0.717) is 19.3 Å². The molecule has 0 fully saturated rings. The number of carbonyl (C=O) groups excluding carboxylic acids is 3. The fourth-order valence-electron chi connectivity index (χ4n) is 9.04. The first-order valence-electron chi connectivity index (χ1n) is 34.0. The van der Waals surface area contributed by atoms with Crippen molar-refractivity contribution in [2.75, 3.05) is 13.2 Å². The topological polar surface area (TPSA) is 78.9 Å². The minimum atomic E-state index is -0.810. The van der Waals surface area contributed by atoms with Crippen molar-refractivity contribution in [3.05, 3.63) is 158 Å². The molecule has 468 valence electrons. The lowest BCUT2D eigenvalue weighted by atomic mass is 10.0. The Balaban J connectivity index is 4.40. The number of hydrogen-bond donors (Lipinski definition) is 0. The standard InChI is InChI=1S/C77H124O6/c1-4-7-10-13-16-19-22-25-28-30-32-34-36-37-38-39-41-42-44-46-49-52-55-58-61-64-67-70-76(79)82-73-74(72-81-75(78)69-66-63-60-57-54-51-48-27-24-21-18-15-12-9-6-3)83-77(80)71-68-65-62-59-56-53-50-47-45-43-40-35-33-31-29-26-23-20-17-14-11-8-5-2/h7-12,16-21,25-29,32-35,43,45,48,54,57,74H,4-6,13-15,22-24,30-31,36-42,44,46-47,49-53,55-56,58-73H2,1-3H3/b10-7-,11-8-,12-9-,19-16-,20-17-,21-18-,28-25-,29-26-,34-32-,35-33-,45-43-,48-27-,57-54-. The lowest BCUT2D eigenvalue weighted by Crippen LogP contribution is -2.30. The second-order valence-electron chi connectivity index (χ2n) is 21.9. The van der Waals surface area contributed by atoms with E-state index in [9.17, 15) is 14.4 Å². The minimum absolute atomic E-state index is 0.101. The highest BCUT2D eigenvalue weighted by molar-refractivity contribution is 5.71. The first kappa shape index (κ1) is 78.0. The number of esters is 3. The van der Waals surface area contributed by atoms with E-state index in [1.807, 2.05) is 0 Å². The van der Waals surface area contributed by atoms with Crippen LogP contribution in [0.25, 0.3) is 0 Å². The predicted molar refractivity (Wildman–Crippen MR) is 362 cm³/mol. The fourth-order valence-corrected chi connectivity index (χ4v) is 9.04. The van der Waals surface area contributed by atoms with Crippen LogP contribution in [0.3, 0.4) is 0 Å². The molecule has 0 amide bonds. The van der Waals surface area contributed by atoms with Crippen molar-refractivity contribution in [2.24, 2.45) is 0 Å². The van der Waals surface area contributed by atoms with Gasteiger partial charge >= 0.3 is 17.9 Å². The summed E-state index contributed by atoms with van der Waals surface area (Å²) in [4.78, 5) is 38.4. The molecule has 0 bridgehead atoms. The van der Waals surface area contributed by atoms with Crippen molar-refractivity contribution in [2.45, 2.75) is 297 Å². The van der Waals surface area contributed by atoms with Crippen LogP contribution in [0.15, 0.2) is 158 Å². The Morgan fingerprint density at radius 1 is 0.241 bits per heavy atom. The molecule has 0 aliphatic carbocycles. The SMILES string of the molecule is CC/C=C\C/C=C\C/C=C\C/C=C\C/C=C\CCCCCCCCCC(=O)OC(COC(=O)CCCC/C=C\C/C=C\C/C=C\C/C=C\CC)COC(=O)CCCCCCCCCCCCCCCC/C=C\C/C=C\C/C=C\C/C=C\CC. The maximum Gasteiger partial charge on any atom is 0.306 e. The molecular formula is C77H124O6. The zero-order valence-electron chi connectivity index (χ0n) is 53.7. The van der Waals surface area contributed by atoms with Crippen LogP contribution < -0.4 is 0 Å². The molecule has 0 saturated heterocycles. The molecule has 6 nitrogen and oxygen atoms in total. The smallest absolute Gasteiger partial charge is 0.306 e. The number of rotatable bonds is 60. The molecule has 6 heteroatoms. The Hall–Kier alpha value is -4.97. The van der Waals surface area contributed by atoms with E-state index in [1.54, 1.807) is 0 Å². The van der Waals surface area contributed by atoms with Crippen LogP contribution in [0.5, 0.6) is 0 Å². The van der Waals surface area contributed by atoms with Gasteiger partial charge in [-0.15, -0.1) is 0 Å². The van der Waals surface area contributed by atoms with Crippen LogP contribution in [-0.4, -0.2) is 37.2 Å². The van der Waals surface area contributed by atoms with Crippen molar-refractivity contribution < 1.29 is 28.6 Å². The Bertz CT molecular complexity index is 1840. The van der Waals surface area contributed by atoms with E-state index >= 15 is 0 Å². The van der Waals surface area contributed by atoms with Gasteiger partial charge in [-0.2, -0.15) is 0 Å². The highest BCUT2D eigenvalue weighted by atomic mass is 16.6. The molecule has 0 aliphatic heterocycles. The monoisotopic (exact) mass is 1140 g/mol. The molecule has 0 aromatic carbocycles. The zero-order valence-corrected chi connectivity index (χ0v) is 53.7. The van der Waals surface area contributed by atoms with Gasteiger partial charge in [0.25, 0.3) is 0 Å². The minimum Gasteiger partial charge on any atom is -0.462 e. The Kier molecular flexibility index (Phi) is 65.4. The maximum atomic E-state index is 13.0. The molecule has 0 aromatic heterocycles. The van der Waals surface area contributed by atoms with Gasteiger partial charge < -0.3 is 14.2 Å². The molecule has 1 unspecified atom stereocenters. The summed E-state index contributed by atoms with van der Waals surface area (Å²) in [5.41, 5.74) is 0. The van der Waals surface area contributed by atoms with Crippen LogP contribution >= 0.6 is 0 Å². The molecule has 0 saturated carbocycles. The van der Waals surface area contributed by atoms with Crippen LogP contribution in [0, 0.1) is 0 Å². The summed E-state index contributed by atoms with van der Waals surface area (Å²) in [5, 5.41) is 0. The van der Waals surface area contributed by atoms with Crippen molar-refractivity contribution in [3.8, 4) is 0 Å². The summed E-state index contributed by atoms with van der Waals surface area (Å²) in [6.45, 7) is 6.27. The zero-order chi connectivity index (χ0) is 59.9. The quantitative estimate of drug-likeness (QED) is 0.0261. The molecule has 0 N–H and O–H groups in total. The van der Waals surface area contributed by atoms with E-state index in [2.05, 4.69) is 179 Å². The van der Waals surface area contributed by atoms with Gasteiger partial charge in [0.15, 0.2) is 6.10 Å². The van der Waals surface area contributed by atoms with E-state index in [0.717, 1.165) is 154 Å². The molecule has 0 radical (unpaired) electrons. The van der Waals surface area contributed by atoms with Gasteiger partial charge in [0.05, 0.1) is 0 Å². The highest BCUT2D eigenvalue weighted by Crippen LogP contribution is 2.16. The fraction of sp³-hybridized carbons (Fsp3) is 0.623. The molecule has 0 heterocycles. The van der Waals surface area contributed by atoms with Gasteiger partial charge in [0.2, 0.25) is 0 Å². The number of hydrogen-bond acceptors (Lipinski definition) is 6. The van der Waals surface area contributed by atoms with Crippen molar-refractivity contribution in [3.63, 3.8) is 0 Å². The molecule has 0 aliphatic rings. The van der Waals surface area contributed by atoms with Gasteiger partial charge in [-0.1, -0.05) is 288 Å². The van der Waals surface area contributed by atoms with E-state index in [-0.39, 0.29) is 31.1 Å². The predicted octanol–water partition coefficient (Wildman–Crippen LogP) is 23.7. The summed E-state index contributed by atoms with van der Waals surface area (Å²) < 4.78 is 16.9. The third kappa shape index (κ3) is 67.7. The average molecular weight is 1150 g/mol. The summed E-state index contributed by atoms with van der Waals surface area (Å²) in [7, 11) is 0. The average Bonchev–Trinajstić information content (AvgIpc) is 3.49. The summed E-state index contributed by atoms with van der Waals surface area (Å²) in [6, 6.07) is 0. The molecule has 1 atom stereocenters. The molecule has 0 aromatic rings. The van der Waals surface area contributed by atoms with E-state index in [4.69, 9.17) is 14.2 Å². The summed E-state index contributed by atoms with van der Waals surface area (Å²) in [5.74, 6) is -0.954. The lowest BCUT2D eigenvalue weighted by molar-refractivity contribution is -0.167. The number of carbonyl (C=O) groups is 3. The maximum absolute atomic E-state index is 13.0. The van der Waals surface area contributed by atoms with E-state index in [1.165, 1.54) is 96.3 Å². The second-order valence-corrected chi connectivity index (χ2v) is 21.9. The molecule has 83 heavy (non-hydrogen) atoms. The van der Waals surface area contributed by atoms with Crippen LogP contribution in [-0.2, 0) is 28.6 Å². The Morgan fingerprint density at radius 3 is 0.699 bits per heavy atom. The van der Waals surface area contributed by atoms with Gasteiger partial charge in [-0.05, 0) is 141 Å². The highest BCUT2D eigenvalue weighted by Gasteiger charge is 2.19. The van der Waals surface area contributed by atoms with Crippen molar-refractivity contribution in [1.29, 1.82) is 0 Å². The van der Waals surface area contributed by atoms with Gasteiger partial charge in [0, 0.05) is 19.3 Å². The number of ether oxygens (including phenoxy) is 3. The Labute approximate surface area is 511 Å². The summed E-state index contributed by atoms with van der Waals surface area (Å²) in [6.07, 6.45) is 101. The number of allylic oxidation sites excluding steroid dienone is 26. The normalized spacial score (nSPS) is 13.1. The number of unbranched alkanes of at least 4 members (excludes halogenated alkanes) is 23. The van der Waals surface area contributed by atoms with E-state index < -0.39 is 6.10 Å².